The Bertz CT molecular complexity index is 535. The molecule has 1 aromatic carbocycles. The van der Waals surface area contributed by atoms with Crippen molar-refractivity contribution in [2.45, 2.75) is 38.3 Å². The van der Waals surface area contributed by atoms with Gasteiger partial charge < -0.3 is 15.7 Å². The van der Waals surface area contributed by atoms with Gasteiger partial charge in [-0.15, -0.1) is 0 Å². The van der Waals surface area contributed by atoms with Crippen LogP contribution in [0.5, 0.6) is 0 Å². The molecule has 0 bridgehead atoms. The van der Waals surface area contributed by atoms with Gasteiger partial charge in [-0.2, -0.15) is 0 Å². The van der Waals surface area contributed by atoms with Gasteiger partial charge in [0.05, 0.1) is 12.0 Å². The lowest BCUT2D eigenvalue weighted by atomic mass is 10.1. The Morgan fingerprint density at radius 3 is 2.76 bits per heavy atom. The van der Waals surface area contributed by atoms with E-state index in [0.29, 0.717) is 24.8 Å². The zero-order valence-electron chi connectivity index (χ0n) is 11.8. The van der Waals surface area contributed by atoms with Crippen LogP contribution in [-0.4, -0.2) is 23.1 Å². The topological polar surface area (TPSA) is 78.4 Å². The fraction of sp³-hybridized carbons (Fsp3) is 0.467. The highest BCUT2D eigenvalue weighted by Gasteiger charge is 2.30. The van der Waals surface area contributed by atoms with Gasteiger partial charge in [-0.05, 0) is 43.9 Å². The van der Waals surface area contributed by atoms with E-state index in [-0.39, 0.29) is 29.8 Å². The number of carboxylic acid groups (broad SMARTS) is 1. The molecule has 6 heteroatoms. The van der Waals surface area contributed by atoms with Gasteiger partial charge in [-0.25, -0.2) is 9.18 Å². The quantitative estimate of drug-likeness (QED) is 0.798. The molecule has 0 aromatic heterocycles. The lowest BCUT2D eigenvalue weighted by Crippen LogP contribution is -2.42. The molecule has 3 unspecified atom stereocenters. The van der Waals surface area contributed by atoms with Crippen LogP contribution in [0.25, 0.3) is 0 Å². The molecule has 0 saturated heterocycles. The third-order valence-electron chi connectivity index (χ3n) is 3.81. The van der Waals surface area contributed by atoms with E-state index in [1.165, 1.54) is 12.1 Å². The fourth-order valence-electron chi connectivity index (χ4n) is 2.62. The van der Waals surface area contributed by atoms with Crippen LogP contribution in [0.1, 0.15) is 37.8 Å². The van der Waals surface area contributed by atoms with Crippen molar-refractivity contribution in [2.75, 3.05) is 0 Å². The maximum Gasteiger partial charge on any atom is 0.315 e. The normalized spacial score (nSPS) is 22.6. The molecular formula is C15H19FN2O3. The molecule has 114 valence electrons. The van der Waals surface area contributed by atoms with Gasteiger partial charge in [-0.3, -0.25) is 4.79 Å². The van der Waals surface area contributed by atoms with Crippen LogP contribution in [0.4, 0.5) is 9.18 Å². The highest BCUT2D eigenvalue weighted by molar-refractivity contribution is 5.75. The minimum Gasteiger partial charge on any atom is -0.481 e. The van der Waals surface area contributed by atoms with E-state index in [2.05, 4.69) is 10.6 Å². The zero-order chi connectivity index (χ0) is 15.4. The van der Waals surface area contributed by atoms with Crippen molar-refractivity contribution in [3.8, 4) is 0 Å². The Hall–Kier alpha value is -2.11. The van der Waals surface area contributed by atoms with Gasteiger partial charge in [0.2, 0.25) is 0 Å². The van der Waals surface area contributed by atoms with E-state index in [0.717, 1.165) is 0 Å². The molecule has 1 fully saturated rings. The van der Waals surface area contributed by atoms with Crippen molar-refractivity contribution in [1.29, 1.82) is 0 Å². The average molecular weight is 294 g/mol. The SMILES string of the molecule is CC(NC(=O)NC1CCC(C(=O)O)C1)c1cccc(F)c1. The summed E-state index contributed by atoms with van der Waals surface area (Å²) in [6, 6.07) is 5.26. The number of halogens is 1. The molecule has 2 amide bonds. The molecular weight excluding hydrogens is 275 g/mol. The van der Waals surface area contributed by atoms with Gasteiger partial charge in [0, 0.05) is 6.04 Å². The van der Waals surface area contributed by atoms with Crippen LogP contribution in [0.3, 0.4) is 0 Å². The molecule has 0 aliphatic heterocycles. The molecule has 1 aliphatic rings. The number of hydrogen-bond acceptors (Lipinski definition) is 2. The van der Waals surface area contributed by atoms with Crippen molar-refractivity contribution in [2.24, 2.45) is 5.92 Å². The number of aliphatic carboxylic acids is 1. The van der Waals surface area contributed by atoms with Crippen molar-refractivity contribution < 1.29 is 19.1 Å². The van der Waals surface area contributed by atoms with E-state index < -0.39 is 5.97 Å². The summed E-state index contributed by atoms with van der Waals surface area (Å²) < 4.78 is 13.1. The van der Waals surface area contributed by atoms with Gasteiger partial charge in [0.1, 0.15) is 5.82 Å². The average Bonchev–Trinajstić information content (AvgIpc) is 2.87. The van der Waals surface area contributed by atoms with E-state index in [9.17, 15) is 14.0 Å². The van der Waals surface area contributed by atoms with Gasteiger partial charge >= 0.3 is 12.0 Å². The fourth-order valence-corrected chi connectivity index (χ4v) is 2.62. The first-order chi connectivity index (χ1) is 9.95. The van der Waals surface area contributed by atoms with Gasteiger partial charge in [0.25, 0.3) is 0 Å². The van der Waals surface area contributed by atoms with E-state index in [4.69, 9.17) is 5.11 Å². The van der Waals surface area contributed by atoms with Crippen molar-refractivity contribution in [3.05, 3.63) is 35.6 Å². The van der Waals surface area contributed by atoms with Crippen LogP contribution >= 0.6 is 0 Å². The van der Waals surface area contributed by atoms with Gasteiger partial charge in [0.15, 0.2) is 0 Å². The molecule has 0 spiro atoms. The second-order valence-corrected chi connectivity index (χ2v) is 5.44. The number of nitrogens with one attached hydrogen (secondary N) is 2. The summed E-state index contributed by atoms with van der Waals surface area (Å²) in [4.78, 5) is 22.7. The summed E-state index contributed by atoms with van der Waals surface area (Å²) in [5.74, 6) is -1.54. The van der Waals surface area contributed by atoms with Crippen molar-refractivity contribution in [1.82, 2.24) is 10.6 Å². The highest BCUT2D eigenvalue weighted by atomic mass is 19.1. The predicted octanol–water partition coefficient (Wildman–Crippen LogP) is 2.44. The molecule has 3 N–H and O–H groups in total. The third kappa shape index (κ3) is 4.18. The molecule has 3 atom stereocenters. The van der Waals surface area contributed by atoms with Crippen molar-refractivity contribution >= 4 is 12.0 Å². The van der Waals surface area contributed by atoms with Gasteiger partial charge in [-0.1, -0.05) is 12.1 Å². The molecule has 5 nitrogen and oxygen atoms in total. The van der Waals surface area contributed by atoms with Crippen LogP contribution in [-0.2, 0) is 4.79 Å². The zero-order valence-corrected chi connectivity index (χ0v) is 11.8. The van der Waals surface area contributed by atoms with Crippen LogP contribution in [0.15, 0.2) is 24.3 Å². The minimum absolute atomic E-state index is 0.120. The second kappa shape index (κ2) is 6.56. The Labute approximate surface area is 122 Å². The molecule has 1 saturated carbocycles. The first-order valence-corrected chi connectivity index (χ1v) is 7.01. The van der Waals surface area contributed by atoms with Crippen molar-refractivity contribution in [3.63, 3.8) is 0 Å². The number of amides is 2. The number of hydrogen-bond donors (Lipinski definition) is 3. The summed E-state index contributed by atoms with van der Waals surface area (Å²) in [6.07, 6.45) is 1.70. The Balaban J connectivity index is 1.83. The first-order valence-electron chi connectivity index (χ1n) is 7.01. The van der Waals surface area contributed by atoms with Crippen LogP contribution in [0, 0.1) is 11.7 Å². The summed E-state index contributed by atoms with van der Waals surface area (Å²) in [6.45, 7) is 1.77. The minimum atomic E-state index is -0.812. The maximum absolute atomic E-state index is 13.1. The number of carbonyl (C=O) groups is 2. The summed E-state index contributed by atoms with van der Waals surface area (Å²) in [5.41, 5.74) is 0.681. The summed E-state index contributed by atoms with van der Waals surface area (Å²) >= 11 is 0. The smallest absolute Gasteiger partial charge is 0.315 e. The monoisotopic (exact) mass is 294 g/mol. The van der Waals surface area contributed by atoms with Crippen LogP contribution in [0.2, 0.25) is 0 Å². The molecule has 1 aliphatic carbocycles. The number of benzene rings is 1. The Kier molecular flexibility index (Phi) is 4.77. The number of urea groups is 1. The molecule has 0 radical (unpaired) electrons. The predicted molar refractivity (Wildman–Crippen MR) is 75.2 cm³/mol. The summed E-state index contributed by atoms with van der Waals surface area (Å²) in [7, 11) is 0. The maximum atomic E-state index is 13.1. The Morgan fingerprint density at radius 2 is 2.14 bits per heavy atom. The third-order valence-corrected chi connectivity index (χ3v) is 3.81. The van der Waals surface area contributed by atoms with E-state index in [1.54, 1.807) is 19.1 Å². The lowest BCUT2D eigenvalue weighted by molar-refractivity contribution is -0.141. The molecule has 2 rings (SSSR count). The molecule has 1 aromatic rings. The first kappa shape index (κ1) is 15.3. The molecule has 21 heavy (non-hydrogen) atoms. The summed E-state index contributed by atoms with van der Waals surface area (Å²) in [5, 5.41) is 14.4. The lowest BCUT2D eigenvalue weighted by Gasteiger charge is -2.18. The Morgan fingerprint density at radius 1 is 1.38 bits per heavy atom. The van der Waals surface area contributed by atoms with E-state index >= 15 is 0 Å². The second-order valence-electron chi connectivity index (χ2n) is 5.44. The standard InChI is InChI=1S/C15H19FN2O3/c1-9(10-3-2-4-12(16)7-10)17-15(21)18-13-6-5-11(8-13)14(19)20/h2-4,7,9,11,13H,5-6,8H2,1H3,(H,19,20)(H2,17,18,21). The largest absolute Gasteiger partial charge is 0.481 e. The van der Waals surface area contributed by atoms with E-state index in [1.807, 2.05) is 0 Å². The number of rotatable bonds is 4. The van der Waals surface area contributed by atoms with Crippen LogP contribution < -0.4 is 10.6 Å². The molecule has 0 heterocycles. The highest BCUT2D eigenvalue weighted by Crippen LogP contribution is 2.25. The number of carbonyl (C=O) groups excluding carboxylic acids is 1. The number of carboxylic acids is 1.